The Hall–Kier alpha value is -0.740. The fourth-order valence-corrected chi connectivity index (χ4v) is 3.26. The first-order valence-corrected chi connectivity index (χ1v) is 6.64. The Labute approximate surface area is 100 Å². The Morgan fingerprint density at radius 2 is 2.38 bits per heavy atom. The van der Waals surface area contributed by atoms with Gasteiger partial charge in [0.1, 0.15) is 5.82 Å². The lowest BCUT2D eigenvalue weighted by atomic mass is 10.1. The summed E-state index contributed by atoms with van der Waals surface area (Å²) in [6, 6.07) is 5.52. The summed E-state index contributed by atoms with van der Waals surface area (Å²) in [6.07, 6.45) is 1.21. The number of anilines is 1. The van der Waals surface area contributed by atoms with Crippen LogP contribution < -0.4 is 5.73 Å². The minimum atomic E-state index is -0.197. The lowest BCUT2D eigenvalue weighted by Crippen LogP contribution is -2.31. The molecule has 2 N–H and O–H groups in total. The minimum Gasteiger partial charge on any atom is -0.399 e. The molecular formula is C12H17FN2S. The molecule has 0 amide bonds. The van der Waals surface area contributed by atoms with Crippen molar-refractivity contribution in [2.75, 3.05) is 24.3 Å². The molecule has 2 nitrogen and oxygen atoms in total. The maximum atomic E-state index is 13.6. The molecule has 1 saturated heterocycles. The summed E-state index contributed by atoms with van der Waals surface area (Å²) in [4.78, 5) is 2.23. The van der Waals surface area contributed by atoms with Gasteiger partial charge in [-0.3, -0.25) is 4.90 Å². The maximum absolute atomic E-state index is 13.6. The molecule has 88 valence electrons. The number of rotatable bonds is 3. The zero-order valence-electron chi connectivity index (χ0n) is 9.45. The first-order chi connectivity index (χ1) is 7.66. The van der Waals surface area contributed by atoms with Crippen LogP contribution in [0.25, 0.3) is 0 Å². The highest BCUT2D eigenvalue weighted by Crippen LogP contribution is 2.23. The van der Waals surface area contributed by atoms with Crippen LogP contribution in [0.15, 0.2) is 18.2 Å². The molecule has 1 aromatic carbocycles. The molecule has 1 aromatic rings. The summed E-state index contributed by atoms with van der Waals surface area (Å²) >= 11 is 1.97. The van der Waals surface area contributed by atoms with Crippen LogP contribution in [0, 0.1) is 5.82 Å². The third-order valence-electron chi connectivity index (χ3n) is 3.03. The standard InChI is InChI=1S/C12H17FN2S/c1-15(11-4-5-16-8-11)7-9-2-3-10(14)6-12(9)13/h2-3,6,11H,4-5,7-8,14H2,1H3. The number of nitrogens with two attached hydrogens (primary N) is 1. The van der Waals surface area contributed by atoms with Crippen LogP contribution in [0.5, 0.6) is 0 Å². The van der Waals surface area contributed by atoms with Gasteiger partial charge in [-0.1, -0.05) is 6.07 Å². The molecule has 1 aliphatic heterocycles. The van der Waals surface area contributed by atoms with E-state index in [-0.39, 0.29) is 5.82 Å². The topological polar surface area (TPSA) is 29.3 Å². The SMILES string of the molecule is CN(Cc1ccc(N)cc1F)C1CCSC1. The number of hydrogen-bond donors (Lipinski definition) is 1. The molecule has 0 saturated carbocycles. The normalized spacial score (nSPS) is 20.6. The Morgan fingerprint density at radius 1 is 1.56 bits per heavy atom. The largest absolute Gasteiger partial charge is 0.399 e. The van der Waals surface area contributed by atoms with E-state index in [1.807, 2.05) is 11.8 Å². The third-order valence-corrected chi connectivity index (χ3v) is 4.17. The third kappa shape index (κ3) is 2.68. The minimum absolute atomic E-state index is 0.197. The van der Waals surface area contributed by atoms with Crippen LogP contribution in [0.4, 0.5) is 10.1 Å². The zero-order valence-corrected chi connectivity index (χ0v) is 10.3. The first kappa shape index (κ1) is 11.7. The van der Waals surface area contributed by atoms with E-state index in [4.69, 9.17) is 5.73 Å². The first-order valence-electron chi connectivity index (χ1n) is 5.48. The fraction of sp³-hybridized carbons (Fsp3) is 0.500. The van der Waals surface area contributed by atoms with Crippen molar-refractivity contribution in [2.45, 2.75) is 19.0 Å². The van der Waals surface area contributed by atoms with Crippen LogP contribution in [0.3, 0.4) is 0 Å². The molecule has 1 fully saturated rings. The fourth-order valence-electron chi connectivity index (χ4n) is 1.96. The Bertz CT molecular complexity index is 364. The van der Waals surface area contributed by atoms with Crippen LogP contribution >= 0.6 is 11.8 Å². The number of nitrogens with zero attached hydrogens (tertiary/aromatic N) is 1. The lowest BCUT2D eigenvalue weighted by Gasteiger charge is -2.23. The van der Waals surface area contributed by atoms with Gasteiger partial charge in [-0.25, -0.2) is 4.39 Å². The number of halogens is 1. The molecule has 1 unspecified atom stereocenters. The van der Waals surface area contributed by atoms with Gasteiger partial charge in [0.2, 0.25) is 0 Å². The average molecular weight is 240 g/mol. The van der Waals surface area contributed by atoms with E-state index in [1.165, 1.54) is 18.2 Å². The quantitative estimate of drug-likeness (QED) is 0.822. The summed E-state index contributed by atoms with van der Waals surface area (Å²) in [5, 5.41) is 0. The second kappa shape index (κ2) is 5.06. The number of thioether (sulfide) groups is 1. The molecule has 4 heteroatoms. The van der Waals surface area contributed by atoms with Crippen molar-refractivity contribution in [3.63, 3.8) is 0 Å². The van der Waals surface area contributed by atoms with Crippen molar-refractivity contribution in [3.05, 3.63) is 29.6 Å². The highest BCUT2D eigenvalue weighted by Gasteiger charge is 2.20. The molecular weight excluding hydrogens is 223 g/mol. The van der Waals surface area contributed by atoms with Crippen LogP contribution in [-0.4, -0.2) is 29.5 Å². The molecule has 1 aliphatic rings. The van der Waals surface area contributed by atoms with E-state index in [9.17, 15) is 4.39 Å². The van der Waals surface area contributed by atoms with Gasteiger partial charge < -0.3 is 5.73 Å². The predicted molar refractivity (Wildman–Crippen MR) is 68.0 cm³/mol. The Balaban J connectivity index is 2.02. The van der Waals surface area contributed by atoms with Gasteiger partial charge in [0.15, 0.2) is 0 Å². The van der Waals surface area contributed by atoms with Crippen molar-refractivity contribution >= 4 is 17.4 Å². The van der Waals surface area contributed by atoms with Crippen molar-refractivity contribution < 1.29 is 4.39 Å². The molecule has 2 rings (SSSR count). The summed E-state index contributed by atoms with van der Waals surface area (Å²) < 4.78 is 13.6. The Kier molecular flexibility index (Phi) is 3.71. The van der Waals surface area contributed by atoms with E-state index in [1.54, 1.807) is 12.1 Å². The molecule has 16 heavy (non-hydrogen) atoms. The zero-order chi connectivity index (χ0) is 11.5. The molecule has 1 atom stereocenters. The highest BCUT2D eigenvalue weighted by molar-refractivity contribution is 7.99. The number of nitrogen functional groups attached to an aromatic ring is 1. The van der Waals surface area contributed by atoms with Crippen molar-refractivity contribution in [1.82, 2.24) is 4.90 Å². The summed E-state index contributed by atoms with van der Waals surface area (Å²) in [5.74, 6) is 2.18. The second-order valence-electron chi connectivity index (χ2n) is 4.28. The van der Waals surface area contributed by atoms with Crippen molar-refractivity contribution in [1.29, 1.82) is 0 Å². The van der Waals surface area contributed by atoms with E-state index in [2.05, 4.69) is 11.9 Å². The monoisotopic (exact) mass is 240 g/mol. The van der Waals surface area contributed by atoms with Gasteiger partial charge >= 0.3 is 0 Å². The molecule has 0 aliphatic carbocycles. The molecule has 1 heterocycles. The summed E-state index contributed by atoms with van der Waals surface area (Å²) in [7, 11) is 2.06. The van der Waals surface area contributed by atoms with Crippen LogP contribution in [0.1, 0.15) is 12.0 Å². The van der Waals surface area contributed by atoms with Gasteiger partial charge in [0, 0.05) is 29.6 Å². The molecule has 0 aromatic heterocycles. The highest BCUT2D eigenvalue weighted by atomic mass is 32.2. The summed E-state index contributed by atoms with van der Waals surface area (Å²) in [6.45, 7) is 0.664. The maximum Gasteiger partial charge on any atom is 0.129 e. The van der Waals surface area contributed by atoms with Gasteiger partial charge in [-0.05, 0) is 31.4 Å². The summed E-state index contributed by atoms with van der Waals surface area (Å²) in [5.41, 5.74) is 6.74. The lowest BCUT2D eigenvalue weighted by molar-refractivity contribution is 0.251. The van der Waals surface area contributed by atoms with E-state index < -0.39 is 0 Å². The number of hydrogen-bond acceptors (Lipinski definition) is 3. The van der Waals surface area contributed by atoms with Gasteiger partial charge in [-0.2, -0.15) is 11.8 Å². The van der Waals surface area contributed by atoms with Crippen molar-refractivity contribution in [3.8, 4) is 0 Å². The van der Waals surface area contributed by atoms with Gasteiger partial charge in [0.25, 0.3) is 0 Å². The Morgan fingerprint density at radius 3 is 3.00 bits per heavy atom. The smallest absolute Gasteiger partial charge is 0.129 e. The van der Waals surface area contributed by atoms with Crippen molar-refractivity contribution in [2.24, 2.45) is 0 Å². The van der Waals surface area contributed by atoms with E-state index in [0.29, 0.717) is 18.3 Å². The van der Waals surface area contributed by atoms with Gasteiger partial charge in [0.05, 0.1) is 0 Å². The van der Waals surface area contributed by atoms with E-state index >= 15 is 0 Å². The molecule has 0 radical (unpaired) electrons. The van der Waals surface area contributed by atoms with E-state index in [0.717, 1.165) is 11.3 Å². The van der Waals surface area contributed by atoms with Gasteiger partial charge in [-0.15, -0.1) is 0 Å². The molecule has 0 bridgehead atoms. The second-order valence-corrected chi connectivity index (χ2v) is 5.43. The average Bonchev–Trinajstić information content (AvgIpc) is 2.75. The van der Waals surface area contributed by atoms with Crippen LogP contribution in [0.2, 0.25) is 0 Å². The predicted octanol–water partition coefficient (Wildman–Crippen LogP) is 2.35. The number of benzene rings is 1. The van der Waals surface area contributed by atoms with Crippen LogP contribution in [-0.2, 0) is 6.54 Å². The molecule has 0 spiro atoms.